The molecule has 1 aliphatic heterocycles. The van der Waals surface area contributed by atoms with E-state index < -0.39 is 5.91 Å². The molecule has 5 nitrogen and oxygen atoms in total. The molecule has 1 saturated heterocycles. The normalized spacial score (nSPS) is 17.3. The van der Waals surface area contributed by atoms with E-state index in [2.05, 4.69) is 5.32 Å². The van der Waals surface area contributed by atoms with E-state index in [0.29, 0.717) is 23.1 Å². The van der Waals surface area contributed by atoms with E-state index in [1.54, 1.807) is 18.2 Å². The van der Waals surface area contributed by atoms with E-state index in [4.69, 9.17) is 20.8 Å². The minimum Gasteiger partial charge on any atom is -0.457 e. The molecule has 0 radical (unpaired) electrons. The fourth-order valence-electron chi connectivity index (χ4n) is 2.63. The molecule has 0 aliphatic carbocycles. The fourth-order valence-corrected chi connectivity index (χ4v) is 2.86. The molecule has 6 heteroatoms. The summed E-state index contributed by atoms with van der Waals surface area (Å²) in [5, 5.41) is 12.5. The number of benzene rings is 1. The molecule has 2 aromatic rings. The van der Waals surface area contributed by atoms with Crippen molar-refractivity contribution in [3.63, 3.8) is 0 Å². The molecule has 0 saturated carbocycles. The number of nitrogens with zero attached hydrogens (tertiary/aromatic N) is 1. The van der Waals surface area contributed by atoms with E-state index in [-0.39, 0.29) is 11.7 Å². The number of rotatable bonds is 5. The molecule has 1 aromatic carbocycles. The van der Waals surface area contributed by atoms with E-state index in [1.165, 1.54) is 6.08 Å². The minimum atomic E-state index is -0.436. The summed E-state index contributed by atoms with van der Waals surface area (Å²) in [6, 6.07) is 12.7. The molecule has 1 N–H and O–H groups in total. The molecule has 128 valence electrons. The smallest absolute Gasteiger partial charge is 0.262 e. The first kappa shape index (κ1) is 17.3. The van der Waals surface area contributed by atoms with Gasteiger partial charge in [-0.25, -0.2) is 0 Å². The highest BCUT2D eigenvalue weighted by molar-refractivity contribution is 6.33. The second kappa shape index (κ2) is 8.02. The third-order valence-corrected chi connectivity index (χ3v) is 4.26. The lowest BCUT2D eigenvalue weighted by Gasteiger charge is -2.09. The Hall–Kier alpha value is -2.55. The Bertz CT molecular complexity index is 829. The number of nitriles is 1. The highest BCUT2D eigenvalue weighted by Gasteiger charge is 2.18. The third kappa shape index (κ3) is 4.30. The van der Waals surface area contributed by atoms with Crippen LogP contribution in [0.3, 0.4) is 0 Å². The summed E-state index contributed by atoms with van der Waals surface area (Å²) >= 11 is 6.15. The average Bonchev–Trinajstić information content (AvgIpc) is 3.30. The van der Waals surface area contributed by atoms with Crippen LogP contribution < -0.4 is 5.32 Å². The lowest BCUT2D eigenvalue weighted by molar-refractivity contribution is -0.117. The van der Waals surface area contributed by atoms with Gasteiger partial charge in [0.1, 0.15) is 23.2 Å². The molecule has 1 amide bonds. The van der Waals surface area contributed by atoms with Crippen molar-refractivity contribution in [1.82, 2.24) is 5.32 Å². The van der Waals surface area contributed by atoms with Crippen LogP contribution in [0.1, 0.15) is 18.6 Å². The van der Waals surface area contributed by atoms with Crippen molar-refractivity contribution in [1.29, 1.82) is 5.26 Å². The van der Waals surface area contributed by atoms with Crippen LogP contribution in [0, 0.1) is 11.3 Å². The van der Waals surface area contributed by atoms with E-state index in [1.807, 2.05) is 24.3 Å². The number of nitrogens with one attached hydrogen (secondary N) is 1. The molecule has 1 fully saturated rings. The summed E-state index contributed by atoms with van der Waals surface area (Å²) < 4.78 is 11.1. The lowest BCUT2D eigenvalue weighted by Crippen LogP contribution is -2.32. The molecule has 0 bridgehead atoms. The van der Waals surface area contributed by atoms with Crippen LogP contribution in [0.15, 0.2) is 46.4 Å². The number of furan rings is 1. The largest absolute Gasteiger partial charge is 0.457 e. The molecule has 1 aromatic heterocycles. The van der Waals surface area contributed by atoms with Crippen molar-refractivity contribution >= 4 is 23.6 Å². The Balaban J connectivity index is 1.71. The zero-order valence-electron chi connectivity index (χ0n) is 13.5. The molecular weight excluding hydrogens is 340 g/mol. The van der Waals surface area contributed by atoms with Crippen molar-refractivity contribution in [2.45, 2.75) is 18.9 Å². The lowest BCUT2D eigenvalue weighted by atomic mass is 10.2. The molecular formula is C19H17ClN2O3. The summed E-state index contributed by atoms with van der Waals surface area (Å²) in [5.41, 5.74) is 0.739. The minimum absolute atomic E-state index is 0.0157. The summed E-state index contributed by atoms with van der Waals surface area (Å²) in [5.74, 6) is 0.557. The summed E-state index contributed by atoms with van der Waals surface area (Å²) in [6.45, 7) is 1.12. The van der Waals surface area contributed by atoms with E-state index >= 15 is 0 Å². The first-order valence-corrected chi connectivity index (χ1v) is 8.41. The van der Waals surface area contributed by atoms with Gasteiger partial charge in [-0.15, -0.1) is 0 Å². The maximum atomic E-state index is 12.1. The topological polar surface area (TPSA) is 75.3 Å². The van der Waals surface area contributed by atoms with E-state index in [0.717, 1.165) is 25.0 Å². The Kier molecular flexibility index (Phi) is 5.54. The van der Waals surface area contributed by atoms with Crippen LogP contribution in [0.5, 0.6) is 0 Å². The van der Waals surface area contributed by atoms with Gasteiger partial charge in [-0.05, 0) is 37.1 Å². The van der Waals surface area contributed by atoms with Crippen LogP contribution in [0.4, 0.5) is 0 Å². The zero-order valence-corrected chi connectivity index (χ0v) is 14.3. The Morgan fingerprint density at radius 1 is 1.36 bits per heavy atom. The van der Waals surface area contributed by atoms with Crippen molar-refractivity contribution in [2.75, 3.05) is 13.2 Å². The molecule has 1 unspecified atom stereocenters. The van der Waals surface area contributed by atoms with Gasteiger partial charge < -0.3 is 14.5 Å². The number of carbonyl (C=O) groups is 1. The SMILES string of the molecule is N#CC(=Cc1ccc(-c2ccccc2Cl)o1)C(=O)NCC1CCCO1. The van der Waals surface area contributed by atoms with Gasteiger partial charge in [-0.3, -0.25) is 4.79 Å². The van der Waals surface area contributed by atoms with Gasteiger partial charge in [0.2, 0.25) is 0 Å². The number of hydrogen-bond acceptors (Lipinski definition) is 4. The maximum absolute atomic E-state index is 12.1. The summed E-state index contributed by atoms with van der Waals surface area (Å²) in [7, 11) is 0. The van der Waals surface area contributed by atoms with Crippen LogP contribution in [0.2, 0.25) is 5.02 Å². The van der Waals surface area contributed by atoms with Crippen LogP contribution in [-0.4, -0.2) is 25.2 Å². The van der Waals surface area contributed by atoms with Crippen LogP contribution in [-0.2, 0) is 9.53 Å². The van der Waals surface area contributed by atoms with Crippen LogP contribution >= 0.6 is 11.6 Å². The highest BCUT2D eigenvalue weighted by Crippen LogP contribution is 2.29. The molecule has 2 heterocycles. The van der Waals surface area contributed by atoms with Crippen molar-refractivity contribution in [2.24, 2.45) is 0 Å². The molecule has 1 atom stereocenters. The van der Waals surface area contributed by atoms with Gasteiger partial charge in [-0.2, -0.15) is 5.26 Å². The quantitative estimate of drug-likeness (QED) is 0.653. The number of hydrogen-bond donors (Lipinski definition) is 1. The maximum Gasteiger partial charge on any atom is 0.262 e. The predicted molar refractivity (Wildman–Crippen MR) is 94.7 cm³/mol. The first-order valence-electron chi connectivity index (χ1n) is 8.03. The number of ether oxygens (including phenoxy) is 1. The van der Waals surface area contributed by atoms with Gasteiger partial charge >= 0.3 is 0 Å². The molecule has 3 rings (SSSR count). The number of carbonyl (C=O) groups excluding carboxylic acids is 1. The van der Waals surface area contributed by atoms with Crippen molar-refractivity contribution in [3.8, 4) is 17.4 Å². The molecule has 0 spiro atoms. The Morgan fingerprint density at radius 2 is 2.20 bits per heavy atom. The molecule has 1 aliphatic rings. The standard InChI is InChI=1S/C19H17ClN2O3/c20-17-6-2-1-5-16(17)18-8-7-14(25-18)10-13(11-21)19(23)22-12-15-4-3-9-24-15/h1-2,5-8,10,15H,3-4,9,12H2,(H,22,23). The van der Waals surface area contributed by atoms with Gasteiger partial charge in [-0.1, -0.05) is 23.7 Å². The number of amides is 1. The third-order valence-electron chi connectivity index (χ3n) is 3.93. The highest BCUT2D eigenvalue weighted by atomic mass is 35.5. The van der Waals surface area contributed by atoms with Gasteiger partial charge in [0.05, 0.1) is 11.1 Å². The fraction of sp³-hybridized carbons (Fsp3) is 0.263. The monoisotopic (exact) mass is 356 g/mol. The van der Waals surface area contributed by atoms with Gasteiger partial charge in [0, 0.05) is 24.8 Å². The average molecular weight is 357 g/mol. The second-order valence-electron chi connectivity index (χ2n) is 5.70. The second-order valence-corrected chi connectivity index (χ2v) is 6.10. The van der Waals surface area contributed by atoms with Crippen molar-refractivity contribution < 1.29 is 13.9 Å². The van der Waals surface area contributed by atoms with Crippen LogP contribution in [0.25, 0.3) is 17.4 Å². The summed E-state index contributed by atoms with van der Waals surface area (Å²) in [6.07, 6.45) is 3.37. The Labute approximate surface area is 150 Å². The zero-order chi connectivity index (χ0) is 17.6. The predicted octanol–water partition coefficient (Wildman–Crippen LogP) is 3.80. The summed E-state index contributed by atoms with van der Waals surface area (Å²) in [4.78, 5) is 12.1. The number of halogens is 1. The van der Waals surface area contributed by atoms with Crippen molar-refractivity contribution in [3.05, 3.63) is 52.8 Å². The molecule has 25 heavy (non-hydrogen) atoms. The first-order chi connectivity index (χ1) is 12.2. The Morgan fingerprint density at radius 3 is 2.92 bits per heavy atom. The van der Waals surface area contributed by atoms with E-state index in [9.17, 15) is 10.1 Å². The van der Waals surface area contributed by atoms with Gasteiger partial charge in [0.15, 0.2) is 0 Å². The van der Waals surface area contributed by atoms with Gasteiger partial charge in [0.25, 0.3) is 5.91 Å².